The maximum atomic E-state index is 14.0. The highest BCUT2D eigenvalue weighted by Crippen LogP contribution is 2.40. The normalized spacial score (nSPS) is 17.7. The van der Waals surface area contributed by atoms with Gasteiger partial charge in [0.15, 0.2) is 11.5 Å². The Kier molecular flexibility index (Phi) is 6.71. The number of hydrogen-bond acceptors (Lipinski definition) is 5. The van der Waals surface area contributed by atoms with Gasteiger partial charge in [-0.25, -0.2) is 9.79 Å². The zero-order chi connectivity index (χ0) is 25.0. The van der Waals surface area contributed by atoms with Gasteiger partial charge in [-0.05, 0) is 35.4 Å². The van der Waals surface area contributed by atoms with Gasteiger partial charge in [-0.1, -0.05) is 91.0 Å². The van der Waals surface area contributed by atoms with Crippen LogP contribution in [0, 0.1) is 5.92 Å². The summed E-state index contributed by atoms with van der Waals surface area (Å²) in [5, 5.41) is 0. The van der Waals surface area contributed by atoms with E-state index in [1.54, 1.807) is 9.80 Å². The van der Waals surface area contributed by atoms with E-state index in [2.05, 4.69) is 0 Å². The second-order valence-corrected chi connectivity index (χ2v) is 9.30. The molecule has 2 N–H and O–H groups in total. The molecular formula is C29H30N4O3. The molecule has 5 rings (SSSR count). The number of likely N-dealkylation sites (tertiary alicyclic amines) is 1. The van der Waals surface area contributed by atoms with Gasteiger partial charge in [0.25, 0.3) is 5.91 Å². The summed E-state index contributed by atoms with van der Waals surface area (Å²) in [6, 6.07) is 28.8. The van der Waals surface area contributed by atoms with Crippen molar-refractivity contribution in [1.82, 2.24) is 9.80 Å². The standard InChI is InChI=1S/C29H30N4O3/c30-27-31-29(24-12-6-2-7-13-24,25-14-8-3-9-15-25)26(34)33(27)20-22-16-18-32(19-17-22)28(35)36-21-23-10-4-1-5-11-23/h1-15,22H,16-21H2,(H2,30,31). The highest BCUT2D eigenvalue weighted by molar-refractivity contribution is 6.09. The van der Waals surface area contributed by atoms with E-state index >= 15 is 0 Å². The predicted molar refractivity (Wildman–Crippen MR) is 138 cm³/mol. The molecule has 0 aromatic heterocycles. The Morgan fingerprint density at radius 3 is 1.97 bits per heavy atom. The van der Waals surface area contributed by atoms with E-state index in [-0.39, 0.29) is 30.5 Å². The molecule has 0 radical (unpaired) electrons. The molecule has 0 saturated carbocycles. The zero-order valence-corrected chi connectivity index (χ0v) is 20.1. The van der Waals surface area contributed by atoms with Gasteiger partial charge >= 0.3 is 6.09 Å². The Labute approximate surface area is 211 Å². The molecule has 3 aromatic rings. The third-order valence-electron chi connectivity index (χ3n) is 7.02. The van der Waals surface area contributed by atoms with Crippen molar-refractivity contribution < 1.29 is 14.3 Å². The number of carbonyl (C=O) groups excluding carboxylic acids is 2. The number of nitrogens with zero attached hydrogens (tertiary/aromatic N) is 3. The molecule has 2 aliphatic heterocycles. The number of guanidine groups is 1. The quantitative estimate of drug-likeness (QED) is 0.572. The van der Waals surface area contributed by atoms with Crippen molar-refractivity contribution in [3.8, 4) is 0 Å². The van der Waals surface area contributed by atoms with Crippen LogP contribution in [0.5, 0.6) is 0 Å². The lowest BCUT2D eigenvalue weighted by atomic mass is 9.82. The summed E-state index contributed by atoms with van der Waals surface area (Å²) in [4.78, 5) is 34.6. The number of hydrogen-bond donors (Lipinski definition) is 1. The first-order valence-corrected chi connectivity index (χ1v) is 12.3. The highest BCUT2D eigenvalue weighted by Gasteiger charge is 2.50. The summed E-state index contributed by atoms with van der Waals surface area (Å²) < 4.78 is 5.48. The first-order valence-electron chi connectivity index (χ1n) is 12.3. The van der Waals surface area contributed by atoms with E-state index in [0.29, 0.717) is 19.6 Å². The van der Waals surface area contributed by atoms with Gasteiger partial charge in [0.2, 0.25) is 0 Å². The molecule has 0 bridgehead atoms. The van der Waals surface area contributed by atoms with E-state index in [1.807, 2.05) is 91.0 Å². The molecule has 3 aromatic carbocycles. The van der Waals surface area contributed by atoms with Crippen LogP contribution in [0.3, 0.4) is 0 Å². The Balaban J connectivity index is 1.24. The van der Waals surface area contributed by atoms with Crippen molar-refractivity contribution in [2.24, 2.45) is 16.6 Å². The van der Waals surface area contributed by atoms with E-state index < -0.39 is 5.54 Å². The molecule has 2 aliphatic rings. The van der Waals surface area contributed by atoms with Gasteiger partial charge in [0, 0.05) is 19.6 Å². The smallest absolute Gasteiger partial charge is 0.410 e. The van der Waals surface area contributed by atoms with Gasteiger partial charge in [-0.15, -0.1) is 0 Å². The Hall–Kier alpha value is -4.13. The summed E-state index contributed by atoms with van der Waals surface area (Å²) in [6.07, 6.45) is 1.23. The van der Waals surface area contributed by atoms with Crippen molar-refractivity contribution in [3.05, 3.63) is 108 Å². The largest absolute Gasteiger partial charge is 0.445 e. The van der Waals surface area contributed by atoms with E-state index in [9.17, 15) is 9.59 Å². The van der Waals surface area contributed by atoms with Crippen LogP contribution in [0.25, 0.3) is 0 Å². The lowest BCUT2D eigenvalue weighted by Crippen LogP contribution is -2.48. The predicted octanol–water partition coefficient (Wildman–Crippen LogP) is 4.14. The van der Waals surface area contributed by atoms with E-state index in [0.717, 1.165) is 29.5 Å². The van der Waals surface area contributed by atoms with Gasteiger partial charge < -0.3 is 15.4 Å². The second kappa shape index (κ2) is 10.2. The second-order valence-electron chi connectivity index (χ2n) is 9.30. The molecule has 0 aliphatic carbocycles. The minimum atomic E-state index is -1.19. The van der Waals surface area contributed by atoms with Crippen LogP contribution >= 0.6 is 0 Å². The van der Waals surface area contributed by atoms with Crippen molar-refractivity contribution in [2.45, 2.75) is 25.0 Å². The van der Waals surface area contributed by atoms with Crippen molar-refractivity contribution in [2.75, 3.05) is 19.6 Å². The summed E-state index contributed by atoms with van der Waals surface area (Å²) in [5.74, 6) is 0.308. The van der Waals surface area contributed by atoms with Crippen molar-refractivity contribution in [3.63, 3.8) is 0 Å². The van der Waals surface area contributed by atoms with Crippen LogP contribution in [0.2, 0.25) is 0 Å². The fourth-order valence-corrected chi connectivity index (χ4v) is 5.02. The lowest BCUT2D eigenvalue weighted by Gasteiger charge is -2.34. The molecule has 0 spiro atoms. The van der Waals surface area contributed by atoms with Crippen LogP contribution < -0.4 is 5.73 Å². The monoisotopic (exact) mass is 482 g/mol. The van der Waals surface area contributed by atoms with Gasteiger partial charge in [-0.2, -0.15) is 0 Å². The molecule has 2 heterocycles. The SMILES string of the molecule is NC1=NC(c2ccccc2)(c2ccccc2)C(=O)N1CC1CCN(C(=O)OCc2ccccc2)CC1. The van der Waals surface area contributed by atoms with E-state index in [1.165, 1.54) is 0 Å². The van der Waals surface area contributed by atoms with E-state index in [4.69, 9.17) is 15.5 Å². The molecule has 0 atom stereocenters. The van der Waals surface area contributed by atoms with Crippen molar-refractivity contribution in [1.29, 1.82) is 0 Å². The van der Waals surface area contributed by atoms with Crippen LogP contribution in [0.4, 0.5) is 4.79 Å². The molecule has 0 unspecified atom stereocenters. The number of benzene rings is 3. The average molecular weight is 483 g/mol. The first-order chi connectivity index (χ1) is 17.6. The number of carbonyl (C=O) groups is 2. The first kappa shape index (κ1) is 23.6. The lowest BCUT2D eigenvalue weighted by molar-refractivity contribution is -0.130. The van der Waals surface area contributed by atoms with Crippen LogP contribution in [0.15, 0.2) is 96.0 Å². The molecule has 7 nitrogen and oxygen atoms in total. The molecule has 1 fully saturated rings. The van der Waals surface area contributed by atoms with Gasteiger partial charge in [-0.3, -0.25) is 9.69 Å². The molecule has 7 heteroatoms. The van der Waals surface area contributed by atoms with Crippen LogP contribution in [0.1, 0.15) is 29.5 Å². The maximum absolute atomic E-state index is 14.0. The number of ether oxygens (including phenoxy) is 1. The molecule has 184 valence electrons. The molecular weight excluding hydrogens is 452 g/mol. The van der Waals surface area contributed by atoms with Gasteiger partial charge in [0.05, 0.1) is 0 Å². The summed E-state index contributed by atoms with van der Waals surface area (Å²) in [5.41, 5.74) is 7.74. The minimum Gasteiger partial charge on any atom is -0.445 e. The van der Waals surface area contributed by atoms with Crippen LogP contribution in [-0.2, 0) is 21.7 Å². The third-order valence-corrected chi connectivity index (χ3v) is 7.02. The Bertz CT molecular complexity index is 1180. The Morgan fingerprint density at radius 1 is 0.889 bits per heavy atom. The average Bonchev–Trinajstić information content (AvgIpc) is 3.19. The number of rotatable bonds is 6. The van der Waals surface area contributed by atoms with Crippen LogP contribution in [-0.4, -0.2) is 47.4 Å². The summed E-state index contributed by atoms with van der Waals surface area (Å²) >= 11 is 0. The maximum Gasteiger partial charge on any atom is 0.410 e. The fourth-order valence-electron chi connectivity index (χ4n) is 5.02. The topological polar surface area (TPSA) is 88.2 Å². The Morgan fingerprint density at radius 2 is 1.42 bits per heavy atom. The summed E-state index contributed by atoms with van der Waals surface area (Å²) in [7, 11) is 0. The number of aliphatic imine (C=N–C) groups is 1. The molecule has 2 amide bonds. The van der Waals surface area contributed by atoms with Crippen molar-refractivity contribution >= 4 is 18.0 Å². The zero-order valence-electron chi connectivity index (χ0n) is 20.1. The fraction of sp³-hybridized carbons (Fsp3) is 0.276. The highest BCUT2D eigenvalue weighted by atomic mass is 16.6. The molecule has 36 heavy (non-hydrogen) atoms. The minimum absolute atomic E-state index is 0.137. The number of amides is 2. The molecule has 1 saturated heterocycles. The van der Waals surface area contributed by atoms with Gasteiger partial charge in [0.1, 0.15) is 6.61 Å². The number of nitrogens with two attached hydrogens (primary N) is 1. The third kappa shape index (κ3) is 4.56. The number of piperidine rings is 1. The summed E-state index contributed by atoms with van der Waals surface area (Å²) in [6.45, 7) is 1.90.